The van der Waals surface area contributed by atoms with E-state index in [1.807, 2.05) is 0 Å². The highest BCUT2D eigenvalue weighted by Gasteiger charge is 2.35. The van der Waals surface area contributed by atoms with Gasteiger partial charge in [-0.1, -0.05) is 0 Å². The highest BCUT2D eigenvalue weighted by molar-refractivity contribution is 14.0. The molecule has 3 heterocycles. The molecule has 1 aliphatic heterocycles. The van der Waals surface area contributed by atoms with E-state index in [2.05, 4.69) is 20.4 Å². The lowest BCUT2D eigenvalue weighted by molar-refractivity contribution is -0.139. The van der Waals surface area contributed by atoms with Crippen molar-refractivity contribution >= 4 is 41.5 Å². The fourth-order valence-electron chi connectivity index (χ4n) is 3.04. The number of rotatable bonds is 5. The topological polar surface area (TPSA) is 87.9 Å². The number of piperazine rings is 1. The normalized spacial score (nSPS) is 15.0. The number of hydrogen-bond acceptors (Lipinski definition) is 5. The number of halogens is 4. The SMILES string of the molecule is CN=C(NCCOc1ncccc1C(F)(F)F)N1CCN(c2cnn(C)c2)C(=O)C1.I. The van der Waals surface area contributed by atoms with E-state index in [0.29, 0.717) is 19.0 Å². The van der Waals surface area contributed by atoms with Gasteiger partial charge in [0.1, 0.15) is 18.7 Å². The highest BCUT2D eigenvalue weighted by atomic mass is 127. The van der Waals surface area contributed by atoms with E-state index in [0.717, 1.165) is 11.8 Å². The molecule has 2 aromatic heterocycles. The summed E-state index contributed by atoms with van der Waals surface area (Å²) in [5.74, 6) is -0.103. The summed E-state index contributed by atoms with van der Waals surface area (Å²) < 4.78 is 45.7. The van der Waals surface area contributed by atoms with Crippen LogP contribution >= 0.6 is 24.0 Å². The van der Waals surface area contributed by atoms with Crippen LogP contribution < -0.4 is 15.0 Å². The summed E-state index contributed by atoms with van der Waals surface area (Å²) in [7, 11) is 3.35. The van der Waals surface area contributed by atoms with Crippen molar-refractivity contribution in [2.45, 2.75) is 6.18 Å². The molecule has 0 atom stereocenters. The number of alkyl halides is 3. The molecule has 1 saturated heterocycles. The van der Waals surface area contributed by atoms with Crippen molar-refractivity contribution in [1.82, 2.24) is 25.0 Å². The van der Waals surface area contributed by atoms with Crippen LogP contribution in [0.15, 0.2) is 35.7 Å². The van der Waals surface area contributed by atoms with Crippen molar-refractivity contribution in [3.8, 4) is 5.88 Å². The van der Waals surface area contributed by atoms with E-state index in [4.69, 9.17) is 4.74 Å². The largest absolute Gasteiger partial charge is 0.475 e. The Kier molecular flexibility index (Phi) is 8.47. The summed E-state index contributed by atoms with van der Waals surface area (Å²) in [5, 5.41) is 7.08. The number of nitrogens with zero attached hydrogens (tertiary/aromatic N) is 6. The minimum Gasteiger partial charge on any atom is -0.475 e. The van der Waals surface area contributed by atoms with Gasteiger partial charge in [-0.15, -0.1) is 24.0 Å². The summed E-state index contributed by atoms with van der Waals surface area (Å²) in [6, 6.07) is 2.12. The maximum atomic E-state index is 13.0. The Bertz CT molecular complexity index is 920. The fourth-order valence-corrected chi connectivity index (χ4v) is 3.04. The third kappa shape index (κ3) is 6.21. The monoisotopic (exact) mass is 553 g/mol. The summed E-state index contributed by atoms with van der Waals surface area (Å²) in [5.41, 5.74) is -0.194. The standard InChI is InChI=1S/C18H22F3N7O2.HI/c1-22-17(24-6-9-30-16-14(18(19,20)21)4-3-5-23-16)27-7-8-28(15(29)12-27)13-10-25-26(2)11-13;/h3-5,10-11H,6-9,12H2,1-2H3,(H,22,24);1H. The van der Waals surface area contributed by atoms with E-state index >= 15 is 0 Å². The molecule has 31 heavy (non-hydrogen) atoms. The third-order valence-electron chi connectivity index (χ3n) is 4.44. The van der Waals surface area contributed by atoms with Crippen molar-refractivity contribution in [2.24, 2.45) is 12.0 Å². The van der Waals surface area contributed by atoms with Crippen LogP contribution in [0.2, 0.25) is 0 Å². The smallest absolute Gasteiger partial charge is 0.421 e. The number of aryl methyl sites for hydroxylation is 1. The van der Waals surface area contributed by atoms with Gasteiger partial charge in [0, 0.05) is 39.6 Å². The van der Waals surface area contributed by atoms with Gasteiger partial charge >= 0.3 is 6.18 Å². The van der Waals surface area contributed by atoms with Crippen LogP contribution in [0.4, 0.5) is 18.9 Å². The number of amides is 1. The van der Waals surface area contributed by atoms with Gasteiger partial charge in [-0.25, -0.2) is 4.98 Å². The van der Waals surface area contributed by atoms with Gasteiger partial charge in [0.25, 0.3) is 0 Å². The number of hydrogen-bond donors (Lipinski definition) is 1. The molecule has 0 saturated carbocycles. The van der Waals surface area contributed by atoms with Gasteiger partial charge in [-0.2, -0.15) is 18.3 Å². The van der Waals surface area contributed by atoms with Gasteiger partial charge in [0.2, 0.25) is 11.8 Å². The first-order valence-electron chi connectivity index (χ1n) is 9.19. The van der Waals surface area contributed by atoms with E-state index in [-0.39, 0.29) is 49.6 Å². The second-order valence-electron chi connectivity index (χ2n) is 6.52. The number of carbonyl (C=O) groups excluding carboxylic acids is 1. The van der Waals surface area contributed by atoms with Gasteiger partial charge in [-0.3, -0.25) is 14.5 Å². The predicted molar refractivity (Wildman–Crippen MR) is 119 cm³/mol. The van der Waals surface area contributed by atoms with Crippen LogP contribution in [-0.2, 0) is 18.0 Å². The second-order valence-corrected chi connectivity index (χ2v) is 6.52. The maximum Gasteiger partial charge on any atom is 0.421 e. The first-order chi connectivity index (χ1) is 14.3. The Morgan fingerprint density at radius 2 is 2.13 bits per heavy atom. The number of pyridine rings is 1. The van der Waals surface area contributed by atoms with Crippen molar-refractivity contribution < 1.29 is 22.7 Å². The lowest BCUT2D eigenvalue weighted by Crippen LogP contribution is -2.55. The van der Waals surface area contributed by atoms with Crippen molar-refractivity contribution in [1.29, 1.82) is 0 Å². The van der Waals surface area contributed by atoms with Crippen LogP contribution in [-0.4, -0.2) is 71.4 Å². The van der Waals surface area contributed by atoms with Gasteiger partial charge < -0.3 is 19.9 Å². The first kappa shape index (κ1) is 24.7. The third-order valence-corrected chi connectivity index (χ3v) is 4.44. The molecule has 0 aromatic carbocycles. The molecule has 1 fully saturated rings. The molecule has 0 radical (unpaired) electrons. The summed E-state index contributed by atoms with van der Waals surface area (Å²) in [4.78, 5) is 23.7. The number of nitrogens with one attached hydrogen (secondary N) is 1. The molecule has 170 valence electrons. The Labute approximate surface area is 194 Å². The molecule has 0 bridgehead atoms. The van der Waals surface area contributed by atoms with E-state index < -0.39 is 17.6 Å². The molecule has 1 amide bonds. The molecular weight excluding hydrogens is 530 g/mol. The summed E-state index contributed by atoms with van der Waals surface area (Å²) in [6.07, 6.45) is 0.0985. The number of anilines is 1. The van der Waals surface area contributed by atoms with Gasteiger partial charge in [-0.05, 0) is 12.1 Å². The molecule has 0 spiro atoms. The minimum absolute atomic E-state index is 0. The van der Waals surface area contributed by atoms with Gasteiger partial charge in [0.05, 0.1) is 18.4 Å². The number of aliphatic imine (C=N–C) groups is 1. The highest BCUT2D eigenvalue weighted by Crippen LogP contribution is 2.34. The molecule has 2 aromatic rings. The predicted octanol–water partition coefficient (Wildman–Crippen LogP) is 1.75. The first-order valence-corrected chi connectivity index (χ1v) is 9.19. The lowest BCUT2D eigenvalue weighted by Gasteiger charge is -2.35. The summed E-state index contributed by atoms with van der Waals surface area (Å²) in [6.45, 7) is 1.26. The zero-order valence-electron chi connectivity index (χ0n) is 17.0. The Hall–Kier alpha value is -2.58. The fraction of sp³-hybridized carbons (Fsp3) is 0.444. The van der Waals surface area contributed by atoms with E-state index in [9.17, 15) is 18.0 Å². The average Bonchev–Trinajstić information content (AvgIpc) is 3.13. The van der Waals surface area contributed by atoms with Crippen LogP contribution in [0, 0.1) is 0 Å². The van der Waals surface area contributed by atoms with Crippen LogP contribution in [0.3, 0.4) is 0 Å². The number of guanidine groups is 1. The lowest BCUT2D eigenvalue weighted by atomic mass is 10.2. The van der Waals surface area contributed by atoms with Crippen molar-refractivity contribution in [2.75, 3.05) is 44.7 Å². The maximum absolute atomic E-state index is 13.0. The molecule has 13 heteroatoms. The van der Waals surface area contributed by atoms with Crippen LogP contribution in [0.25, 0.3) is 0 Å². The molecule has 9 nitrogen and oxygen atoms in total. The van der Waals surface area contributed by atoms with Crippen LogP contribution in [0.1, 0.15) is 5.56 Å². The Balaban J connectivity index is 0.00000341. The Morgan fingerprint density at radius 3 is 2.74 bits per heavy atom. The number of carbonyl (C=O) groups is 1. The number of ether oxygens (including phenoxy) is 1. The van der Waals surface area contributed by atoms with Crippen LogP contribution in [0.5, 0.6) is 5.88 Å². The number of aromatic nitrogens is 3. The minimum atomic E-state index is -4.54. The molecular formula is C18H23F3IN7O2. The average molecular weight is 553 g/mol. The van der Waals surface area contributed by atoms with Gasteiger partial charge in [0.15, 0.2) is 5.96 Å². The molecule has 0 unspecified atom stereocenters. The van der Waals surface area contributed by atoms with E-state index in [1.165, 1.54) is 12.3 Å². The van der Waals surface area contributed by atoms with Crippen molar-refractivity contribution in [3.05, 3.63) is 36.3 Å². The Morgan fingerprint density at radius 1 is 1.35 bits per heavy atom. The molecule has 3 rings (SSSR count). The van der Waals surface area contributed by atoms with Crippen molar-refractivity contribution in [3.63, 3.8) is 0 Å². The molecule has 1 aliphatic rings. The zero-order valence-corrected chi connectivity index (χ0v) is 19.3. The molecule has 0 aliphatic carbocycles. The summed E-state index contributed by atoms with van der Waals surface area (Å²) >= 11 is 0. The molecule has 1 N–H and O–H groups in total. The quantitative estimate of drug-likeness (QED) is 0.263. The second kappa shape index (κ2) is 10.6. The zero-order chi connectivity index (χ0) is 21.7. The van der Waals surface area contributed by atoms with E-state index in [1.54, 1.807) is 41.0 Å².